The van der Waals surface area contributed by atoms with Gasteiger partial charge in [-0.1, -0.05) is 18.2 Å². The summed E-state index contributed by atoms with van der Waals surface area (Å²) in [5.41, 5.74) is 2.20. The van der Waals surface area contributed by atoms with Gasteiger partial charge in [-0.05, 0) is 18.2 Å². The number of nitrogens with zero attached hydrogens (tertiary/aromatic N) is 3. The van der Waals surface area contributed by atoms with Crippen molar-refractivity contribution < 1.29 is 18.7 Å². The van der Waals surface area contributed by atoms with E-state index >= 15 is 0 Å². The molecule has 1 aromatic heterocycles. The minimum absolute atomic E-state index is 0.420. The van der Waals surface area contributed by atoms with E-state index in [-0.39, 0.29) is 0 Å². The summed E-state index contributed by atoms with van der Waals surface area (Å²) in [4.78, 5) is 21.9. The third-order valence-corrected chi connectivity index (χ3v) is 4.93. The number of alkyl halides is 2. The first-order valence-corrected chi connectivity index (χ1v) is 8.45. The van der Waals surface area contributed by atoms with Gasteiger partial charge in [-0.15, -0.1) is 11.8 Å². The van der Waals surface area contributed by atoms with Crippen LogP contribution in [-0.4, -0.2) is 45.6 Å². The molecule has 0 saturated carbocycles. The molecule has 1 saturated heterocycles. The average molecular weight is 366 g/mol. The number of benzene rings is 1. The topological polar surface area (TPSA) is 92.3 Å². The molecule has 0 unspecified atom stereocenters. The van der Waals surface area contributed by atoms with E-state index < -0.39 is 30.5 Å². The molecule has 6 nitrogen and oxygen atoms in total. The predicted octanol–water partition coefficient (Wildman–Crippen LogP) is 1.44. The number of thioether (sulfide) groups is 1. The standard InChI is InChI=1S/C16H16F2N4O2S/c17-16(18,14(19)23)15(24)9-22(10-15)13-6-7-20-12(21-13)8-25-11-4-2-1-3-5-11/h1-7,24H,8-10H2,(H2,19,23). The van der Waals surface area contributed by atoms with E-state index in [2.05, 4.69) is 15.7 Å². The summed E-state index contributed by atoms with van der Waals surface area (Å²) < 4.78 is 27.3. The smallest absolute Gasteiger partial charge is 0.355 e. The van der Waals surface area contributed by atoms with E-state index in [1.54, 1.807) is 17.8 Å². The number of hydrogen-bond donors (Lipinski definition) is 2. The van der Waals surface area contributed by atoms with Crippen molar-refractivity contribution in [3.05, 3.63) is 48.4 Å². The van der Waals surface area contributed by atoms with Gasteiger partial charge in [-0.3, -0.25) is 4.79 Å². The fourth-order valence-corrected chi connectivity index (χ4v) is 3.26. The Balaban J connectivity index is 1.64. The van der Waals surface area contributed by atoms with Crippen molar-refractivity contribution in [2.45, 2.75) is 22.2 Å². The van der Waals surface area contributed by atoms with Crippen LogP contribution in [-0.2, 0) is 10.5 Å². The van der Waals surface area contributed by atoms with Gasteiger partial charge in [0.1, 0.15) is 11.6 Å². The number of carbonyl (C=O) groups is 1. The number of amides is 1. The first-order valence-electron chi connectivity index (χ1n) is 7.47. The summed E-state index contributed by atoms with van der Waals surface area (Å²) in [6.07, 6.45) is 1.53. The summed E-state index contributed by atoms with van der Waals surface area (Å²) in [5.74, 6) is -4.33. The number of aliphatic hydroxyl groups is 1. The van der Waals surface area contributed by atoms with Crippen LogP contribution in [0.4, 0.5) is 14.6 Å². The number of anilines is 1. The summed E-state index contributed by atoms with van der Waals surface area (Å²) >= 11 is 1.55. The normalized spacial score (nSPS) is 16.4. The minimum atomic E-state index is -3.98. The molecule has 0 radical (unpaired) electrons. The Hall–Kier alpha value is -2.26. The number of β-amino-alcohol motifs (C(OH)–C–C–N with tert-alkyl or cyclic N) is 1. The molecule has 1 aromatic carbocycles. The molecule has 0 spiro atoms. The second-order valence-corrected chi connectivity index (χ2v) is 6.81. The first kappa shape index (κ1) is 17.6. The van der Waals surface area contributed by atoms with E-state index in [4.69, 9.17) is 0 Å². The maximum absolute atomic E-state index is 13.7. The zero-order chi connectivity index (χ0) is 18.1. The molecule has 2 aromatic rings. The predicted molar refractivity (Wildman–Crippen MR) is 89.3 cm³/mol. The largest absolute Gasteiger partial charge is 0.379 e. The Morgan fingerprint density at radius 1 is 1.32 bits per heavy atom. The Bertz CT molecular complexity index is 770. The molecule has 0 aliphatic carbocycles. The van der Waals surface area contributed by atoms with Crippen LogP contribution in [0.5, 0.6) is 0 Å². The van der Waals surface area contributed by atoms with Gasteiger partial charge in [-0.25, -0.2) is 9.97 Å². The van der Waals surface area contributed by atoms with Gasteiger partial charge in [0.05, 0.1) is 18.8 Å². The number of carbonyl (C=O) groups excluding carboxylic acids is 1. The van der Waals surface area contributed by atoms with Crippen molar-refractivity contribution in [2.75, 3.05) is 18.0 Å². The monoisotopic (exact) mass is 366 g/mol. The highest BCUT2D eigenvalue weighted by molar-refractivity contribution is 7.98. The van der Waals surface area contributed by atoms with Gasteiger partial charge in [0.25, 0.3) is 5.91 Å². The average Bonchev–Trinajstić information content (AvgIpc) is 2.58. The highest BCUT2D eigenvalue weighted by atomic mass is 32.2. The van der Waals surface area contributed by atoms with Gasteiger partial charge in [-0.2, -0.15) is 8.78 Å². The molecule has 3 N–H and O–H groups in total. The molecule has 1 amide bonds. The zero-order valence-electron chi connectivity index (χ0n) is 13.1. The Morgan fingerprint density at radius 2 is 2.00 bits per heavy atom. The van der Waals surface area contributed by atoms with Gasteiger partial charge in [0, 0.05) is 11.1 Å². The molecule has 1 aliphatic rings. The van der Waals surface area contributed by atoms with Crippen LogP contribution in [0.3, 0.4) is 0 Å². The third kappa shape index (κ3) is 3.42. The first-order chi connectivity index (χ1) is 11.8. The molecule has 9 heteroatoms. The molecular formula is C16H16F2N4O2S. The fourth-order valence-electron chi connectivity index (χ4n) is 2.47. The molecule has 0 bridgehead atoms. The quantitative estimate of drug-likeness (QED) is 0.752. The van der Waals surface area contributed by atoms with Crippen LogP contribution in [0.1, 0.15) is 5.82 Å². The second kappa shape index (κ2) is 6.57. The van der Waals surface area contributed by atoms with Gasteiger partial charge < -0.3 is 15.7 Å². The lowest BCUT2D eigenvalue weighted by atomic mass is 9.86. The van der Waals surface area contributed by atoms with Crippen molar-refractivity contribution in [3.63, 3.8) is 0 Å². The highest BCUT2D eigenvalue weighted by Crippen LogP contribution is 2.38. The molecular weight excluding hydrogens is 350 g/mol. The van der Waals surface area contributed by atoms with E-state index in [0.717, 1.165) is 4.90 Å². The Kier molecular flexibility index (Phi) is 4.61. The second-order valence-electron chi connectivity index (χ2n) is 5.76. The highest BCUT2D eigenvalue weighted by Gasteiger charge is 2.63. The van der Waals surface area contributed by atoms with Gasteiger partial charge >= 0.3 is 5.92 Å². The van der Waals surface area contributed by atoms with Crippen LogP contribution < -0.4 is 10.6 Å². The lowest BCUT2D eigenvalue weighted by Gasteiger charge is -2.49. The maximum atomic E-state index is 13.7. The zero-order valence-corrected chi connectivity index (χ0v) is 13.9. The summed E-state index contributed by atoms with van der Waals surface area (Å²) in [6, 6.07) is 11.3. The lowest BCUT2D eigenvalue weighted by molar-refractivity contribution is -0.196. The molecule has 25 heavy (non-hydrogen) atoms. The molecule has 1 fully saturated rings. The van der Waals surface area contributed by atoms with E-state index in [9.17, 15) is 18.7 Å². The Labute approximate surface area is 147 Å². The minimum Gasteiger partial charge on any atom is -0.379 e. The van der Waals surface area contributed by atoms with Crippen molar-refractivity contribution in [1.82, 2.24) is 9.97 Å². The van der Waals surface area contributed by atoms with E-state index in [0.29, 0.717) is 17.4 Å². The lowest BCUT2D eigenvalue weighted by Crippen LogP contribution is -2.73. The van der Waals surface area contributed by atoms with Crippen molar-refractivity contribution in [1.29, 1.82) is 0 Å². The van der Waals surface area contributed by atoms with Gasteiger partial charge in [0.2, 0.25) is 0 Å². The Morgan fingerprint density at radius 3 is 2.64 bits per heavy atom. The van der Waals surface area contributed by atoms with Crippen LogP contribution in [0, 0.1) is 0 Å². The summed E-state index contributed by atoms with van der Waals surface area (Å²) in [5, 5.41) is 9.92. The van der Waals surface area contributed by atoms with Crippen LogP contribution in [0.2, 0.25) is 0 Å². The third-order valence-electron chi connectivity index (χ3n) is 3.92. The molecule has 3 rings (SSSR count). The SMILES string of the molecule is NC(=O)C(F)(F)C1(O)CN(c2ccnc(CSc3ccccc3)n2)C1. The van der Waals surface area contributed by atoms with Crippen molar-refractivity contribution >= 4 is 23.5 Å². The molecule has 132 valence electrons. The number of primary amides is 1. The van der Waals surface area contributed by atoms with Gasteiger partial charge in [0.15, 0.2) is 5.60 Å². The van der Waals surface area contributed by atoms with Crippen molar-refractivity contribution in [2.24, 2.45) is 5.73 Å². The van der Waals surface area contributed by atoms with Crippen LogP contribution >= 0.6 is 11.8 Å². The fraction of sp³-hybridized carbons (Fsp3) is 0.312. The number of halogens is 2. The van der Waals surface area contributed by atoms with E-state index in [1.165, 1.54) is 11.1 Å². The number of rotatable bonds is 6. The maximum Gasteiger partial charge on any atom is 0.355 e. The number of nitrogens with two attached hydrogens (primary N) is 1. The molecule has 2 heterocycles. The van der Waals surface area contributed by atoms with Crippen LogP contribution in [0.15, 0.2) is 47.5 Å². The number of aromatic nitrogens is 2. The van der Waals surface area contributed by atoms with E-state index in [1.807, 2.05) is 30.3 Å². The molecule has 0 atom stereocenters. The van der Waals surface area contributed by atoms with Crippen LogP contribution in [0.25, 0.3) is 0 Å². The molecule has 1 aliphatic heterocycles. The number of hydrogen-bond acceptors (Lipinski definition) is 6. The van der Waals surface area contributed by atoms with Crippen molar-refractivity contribution in [3.8, 4) is 0 Å². The summed E-state index contributed by atoms with van der Waals surface area (Å²) in [7, 11) is 0. The summed E-state index contributed by atoms with van der Waals surface area (Å²) in [6.45, 7) is -0.851.